The van der Waals surface area contributed by atoms with Crippen molar-refractivity contribution >= 4 is 0 Å². The monoisotopic (exact) mass is 179 g/mol. The van der Waals surface area contributed by atoms with Gasteiger partial charge in [0.15, 0.2) is 0 Å². The SMILES string of the molecule is CC1CCC(Cn2cncn2)CC1. The minimum Gasteiger partial charge on any atom is -0.253 e. The summed E-state index contributed by atoms with van der Waals surface area (Å²) < 4.78 is 1.96. The van der Waals surface area contributed by atoms with Crippen molar-refractivity contribution in [2.75, 3.05) is 0 Å². The Morgan fingerprint density at radius 1 is 1.31 bits per heavy atom. The lowest BCUT2D eigenvalue weighted by Crippen LogP contribution is -2.17. The Bertz CT molecular complexity index is 235. The summed E-state index contributed by atoms with van der Waals surface area (Å²) in [5, 5.41) is 4.13. The van der Waals surface area contributed by atoms with E-state index in [4.69, 9.17) is 0 Å². The highest BCUT2D eigenvalue weighted by molar-refractivity contribution is 4.70. The van der Waals surface area contributed by atoms with Gasteiger partial charge in [0, 0.05) is 6.54 Å². The summed E-state index contributed by atoms with van der Waals surface area (Å²) in [6, 6.07) is 0. The average Bonchev–Trinajstić information content (AvgIpc) is 2.62. The fourth-order valence-electron chi connectivity index (χ4n) is 2.10. The van der Waals surface area contributed by atoms with E-state index in [1.807, 2.05) is 11.0 Å². The molecule has 0 saturated heterocycles. The molecule has 1 aromatic heterocycles. The molecular formula is C10H17N3. The van der Waals surface area contributed by atoms with Crippen molar-refractivity contribution < 1.29 is 0 Å². The van der Waals surface area contributed by atoms with Crippen molar-refractivity contribution in [3.8, 4) is 0 Å². The van der Waals surface area contributed by atoms with Gasteiger partial charge in [-0.2, -0.15) is 5.10 Å². The van der Waals surface area contributed by atoms with Crippen molar-refractivity contribution in [3.05, 3.63) is 12.7 Å². The standard InChI is InChI=1S/C10H17N3/c1-9-2-4-10(5-3-9)6-13-8-11-7-12-13/h7-10H,2-6H2,1H3. The zero-order chi connectivity index (χ0) is 9.10. The molecule has 3 heteroatoms. The smallest absolute Gasteiger partial charge is 0.137 e. The van der Waals surface area contributed by atoms with E-state index in [1.54, 1.807) is 6.33 Å². The fraction of sp³-hybridized carbons (Fsp3) is 0.800. The van der Waals surface area contributed by atoms with Crippen LogP contribution in [0.25, 0.3) is 0 Å². The molecule has 72 valence electrons. The molecular weight excluding hydrogens is 162 g/mol. The molecule has 1 aromatic rings. The first kappa shape index (κ1) is 8.73. The van der Waals surface area contributed by atoms with Gasteiger partial charge < -0.3 is 0 Å². The number of hydrogen-bond acceptors (Lipinski definition) is 2. The molecule has 0 atom stereocenters. The maximum absolute atomic E-state index is 4.13. The van der Waals surface area contributed by atoms with Gasteiger partial charge in [-0.25, -0.2) is 4.98 Å². The van der Waals surface area contributed by atoms with E-state index in [1.165, 1.54) is 25.7 Å². The maximum Gasteiger partial charge on any atom is 0.137 e. The van der Waals surface area contributed by atoms with Gasteiger partial charge in [0.25, 0.3) is 0 Å². The van der Waals surface area contributed by atoms with Gasteiger partial charge >= 0.3 is 0 Å². The Balaban J connectivity index is 1.83. The zero-order valence-electron chi connectivity index (χ0n) is 8.19. The summed E-state index contributed by atoms with van der Waals surface area (Å²) in [5.74, 6) is 1.77. The van der Waals surface area contributed by atoms with Gasteiger partial charge in [0.2, 0.25) is 0 Å². The van der Waals surface area contributed by atoms with Crippen LogP contribution in [0.5, 0.6) is 0 Å². The normalized spacial score (nSPS) is 29.0. The van der Waals surface area contributed by atoms with Crippen LogP contribution in [-0.2, 0) is 6.54 Å². The van der Waals surface area contributed by atoms with Crippen molar-refractivity contribution in [1.29, 1.82) is 0 Å². The molecule has 0 unspecified atom stereocenters. The van der Waals surface area contributed by atoms with Crippen LogP contribution in [0, 0.1) is 11.8 Å². The molecule has 13 heavy (non-hydrogen) atoms. The van der Waals surface area contributed by atoms with Crippen LogP contribution in [-0.4, -0.2) is 14.8 Å². The molecule has 1 saturated carbocycles. The summed E-state index contributed by atoms with van der Waals surface area (Å²) in [6.45, 7) is 3.42. The van der Waals surface area contributed by atoms with E-state index >= 15 is 0 Å². The number of nitrogens with zero attached hydrogens (tertiary/aromatic N) is 3. The summed E-state index contributed by atoms with van der Waals surface area (Å²) in [5.41, 5.74) is 0. The minimum absolute atomic E-state index is 0.831. The van der Waals surface area contributed by atoms with Gasteiger partial charge in [0.1, 0.15) is 12.7 Å². The van der Waals surface area contributed by atoms with E-state index in [0.717, 1.165) is 18.4 Å². The molecule has 0 N–H and O–H groups in total. The Labute approximate surface area is 79.2 Å². The lowest BCUT2D eigenvalue weighted by molar-refractivity contribution is 0.257. The fourth-order valence-corrected chi connectivity index (χ4v) is 2.10. The predicted molar refractivity (Wildman–Crippen MR) is 51.1 cm³/mol. The lowest BCUT2D eigenvalue weighted by atomic mass is 9.83. The molecule has 3 nitrogen and oxygen atoms in total. The topological polar surface area (TPSA) is 30.7 Å². The van der Waals surface area contributed by atoms with E-state index in [2.05, 4.69) is 17.0 Å². The molecule has 2 rings (SSSR count). The number of rotatable bonds is 2. The van der Waals surface area contributed by atoms with Gasteiger partial charge in [-0.3, -0.25) is 4.68 Å². The summed E-state index contributed by atoms with van der Waals surface area (Å²) in [4.78, 5) is 3.95. The molecule has 1 fully saturated rings. The number of hydrogen-bond donors (Lipinski definition) is 0. The summed E-state index contributed by atoms with van der Waals surface area (Å²) in [6.07, 6.45) is 8.93. The van der Waals surface area contributed by atoms with Crippen LogP contribution in [0.4, 0.5) is 0 Å². The first-order chi connectivity index (χ1) is 6.34. The Morgan fingerprint density at radius 3 is 2.69 bits per heavy atom. The molecule has 0 spiro atoms. The Morgan fingerprint density at radius 2 is 2.08 bits per heavy atom. The first-order valence-electron chi connectivity index (χ1n) is 5.17. The molecule has 1 heterocycles. The first-order valence-corrected chi connectivity index (χ1v) is 5.17. The second-order valence-electron chi connectivity index (χ2n) is 4.24. The van der Waals surface area contributed by atoms with Crippen LogP contribution in [0.3, 0.4) is 0 Å². The van der Waals surface area contributed by atoms with Crippen molar-refractivity contribution in [1.82, 2.24) is 14.8 Å². The molecule has 0 aliphatic heterocycles. The minimum atomic E-state index is 0.831. The van der Waals surface area contributed by atoms with Crippen LogP contribution >= 0.6 is 0 Å². The van der Waals surface area contributed by atoms with E-state index in [0.29, 0.717) is 0 Å². The van der Waals surface area contributed by atoms with Gasteiger partial charge in [-0.05, 0) is 24.7 Å². The third-order valence-corrected chi connectivity index (χ3v) is 3.05. The highest BCUT2D eigenvalue weighted by Crippen LogP contribution is 2.28. The lowest BCUT2D eigenvalue weighted by Gasteiger charge is -2.25. The van der Waals surface area contributed by atoms with E-state index in [9.17, 15) is 0 Å². The number of aromatic nitrogens is 3. The Kier molecular flexibility index (Phi) is 2.62. The predicted octanol–water partition coefficient (Wildman–Crippen LogP) is 2.10. The van der Waals surface area contributed by atoms with Crippen LogP contribution in [0.2, 0.25) is 0 Å². The molecule has 1 aliphatic carbocycles. The quantitative estimate of drug-likeness (QED) is 0.696. The molecule has 0 amide bonds. The van der Waals surface area contributed by atoms with Gasteiger partial charge in [0.05, 0.1) is 0 Å². The van der Waals surface area contributed by atoms with Crippen LogP contribution < -0.4 is 0 Å². The third-order valence-electron chi connectivity index (χ3n) is 3.05. The van der Waals surface area contributed by atoms with Crippen molar-refractivity contribution in [2.24, 2.45) is 11.8 Å². The molecule has 0 bridgehead atoms. The molecule has 0 aromatic carbocycles. The molecule has 1 aliphatic rings. The van der Waals surface area contributed by atoms with E-state index in [-0.39, 0.29) is 0 Å². The summed E-state index contributed by atoms with van der Waals surface area (Å²) in [7, 11) is 0. The van der Waals surface area contributed by atoms with Crippen LogP contribution in [0.1, 0.15) is 32.6 Å². The Hall–Kier alpha value is -0.860. The largest absolute Gasteiger partial charge is 0.253 e. The van der Waals surface area contributed by atoms with Crippen molar-refractivity contribution in [3.63, 3.8) is 0 Å². The third kappa shape index (κ3) is 2.29. The summed E-state index contributed by atoms with van der Waals surface area (Å²) >= 11 is 0. The van der Waals surface area contributed by atoms with Crippen LogP contribution in [0.15, 0.2) is 12.7 Å². The second-order valence-corrected chi connectivity index (χ2v) is 4.24. The molecule has 0 radical (unpaired) electrons. The van der Waals surface area contributed by atoms with Crippen molar-refractivity contribution in [2.45, 2.75) is 39.2 Å². The van der Waals surface area contributed by atoms with E-state index < -0.39 is 0 Å². The maximum atomic E-state index is 4.13. The second kappa shape index (κ2) is 3.90. The highest BCUT2D eigenvalue weighted by Gasteiger charge is 2.18. The average molecular weight is 179 g/mol. The highest BCUT2D eigenvalue weighted by atomic mass is 15.3. The van der Waals surface area contributed by atoms with Gasteiger partial charge in [-0.15, -0.1) is 0 Å². The van der Waals surface area contributed by atoms with Gasteiger partial charge in [-0.1, -0.05) is 19.8 Å². The zero-order valence-corrected chi connectivity index (χ0v) is 8.19.